The molecule has 1 atom stereocenters. The summed E-state index contributed by atoms with van der Waals surface area (Å²) in [6.07, 6.45) is 1.26. The molecule has 0 radical (unpaired) electrons. The van der Waals surface area contributed by atoms with Crippen LogP contribution in [0.15, 0.2) is 24.3 Å². The number of carbonyl (C=O) groups is 1. The average Bonchev–Trinajstić information content (AvgIpc) is 2.45. The number of likely N-dealkylation sites (tertiary alicyclic amines) is 1. The normalized spacial score (nSPS) is 17.9. The van der Waals surface area contributed by atoms with Gasteiger partial charge in [0.25, 0.3) is 5.91 Å². The Balaban J connectivity index is 1.99. The zero-order valence-corrected chi connectivity index (χ0v) is 12.2. The summed E-state index contributed by atoms with van der Waals surface area (Å²) in [5.74, 6) is 0.767. The first-order chi connectivity index (χ1) is 9.60. The molecule has 0 aliphatic carbocycles. The Morgan fingerprint density at radius 3 is 2.75 bits per heavy atom. The van der Waals surface area contributed by atoms with Crippen molar-refractivity contribution in [3.05, 3.63) is 29.8 Å². The molecule has 1 saturated heterocycles. The average molecular weight is 277 g/mol. The van der Waals surface area contributed by atoms with E-state index in [9.17, 15) is 9.90 Å². The summed E-state index contributed by atoms with van der Waals surface area (Å²) >= 11 is 0. The maximum atomic E-state index is 12.4. The van der Waals surface area contributed by atoms with Crippen LogP contribution in [0.3, 0.4) is 0 Å². The Morgan fingerprint density at radius 2 is 2.15 bits per heavy atom. The lowest BCUT2D eigenvalue weighted by Gasteiger charge is -2.32. The maximum absolute atomic E-state index is 12.4. The molecule has 1 aromatic rings. The minimum absolute atomic E-state index is 0.0286. The van der Waals surface area contributed by atoms with Gasteiger partial charge in [-0.15, -0.1) is 0 Å². The number of rotatable bonds is 4. The molecule has 0 spiro atoms. The van der Waals surface area contributed by atoms with Crippen LogP contribution in [-0.2, 0) is 4.79 Å². The standard InChI is InChI=1S/C16H23NO3/c1-3-15(20-14-6-4-5-12(2)11-14)16(19)17-9-7-13(18)8-10-17/h4-6,11,13,15,18H,3,7-10H2,1-2H3. The number of aliphatic hydroxyl groups is 1. The highest BCUT2D eigenvalue weighted by Crippen LogP contribution is 2.18. The van der Waals surface area contributed by atoms with Gasteiger partial charge in [-0.05, 0) is 43.9 Å². The maximum Gasteiger partial charge on any atom is 0.263 e. The van der Waals surface area contributed by atoms with Crippen LogP contribution in [0.5, 0.6) is 5.75 Å². The second kappa shape index (κ2) is 6.75. The van der Waals surface area contributed by atoms with Crippen molar-refractivity contribution in [2.24, 2.45) is 0 Å². The molecular weight excluding hydrogens is 254 g/mol. The lowest BCUT2D eigenvalue weighted by atomic mass is 10.1. The number of benzene rings is 1. The molecule has 1 heterocycles. The first kappa shape index (κ1) is 14.9. The molecule has 0 aromatic heterocycles. The summed E-state index contributed by atoms with van der Waals surface area (Å²) < 4.78 is 5.83. The van der Waals surface area contributed by atoms with Gasteiger partial charge in [0.2, 0.25) is 0 Å². The molecule has 1 aromatic carbocycles. The largest absolute Gasteiger partial charge is 0.481 e. The van der Waals surface area contributed by atoms with Crippen molar-refractivity contribution in [3.8, 4) is 5.75 Å². The van der Waals surface area contributed by atoms with E-state index in [0.717, 1.165) is 11.3 Å². The van der Waals surface area contributed by atoms with Crippen LogP contribution in [0.4, 0.5) is 0 Å². The molecule has 110 valence electrons. The van der Waals surface area contributed by atoms with Gasteiger partial charge < -0.3 is 14.7 Å². The summed E-state index contributed by atoms with van der Waals surface area (Å²) in [6.45, 7) is 5.19. The van der Waals surface area contributed by atoms with Crippen LogP contribution in [0.25, 0.3) is 0 Å². The minimum Gasteiger partial charge on any atom is -0.481 e. The van der Waals surface area contributed by atoms with Crippen LogP contribution >= 0.6 is 0 Å². The molecule has 20 heavy (non-hydrogen) atoms. The Hall–Kier alpha value is -1.55. The van der Waals surface area contributed by atoms with Crippen molar-refractivity contribution in [2.45, 2.75) is 45.3 Å². The van der Waals surface area contributed by atoms with Crippen molar-refractivity contribution < 1.29 is 14.6 Å². The highest BCUT2D eigenvalue weighted by atomic mass is 16.5. The summed E-state index contributed by atoms with van der Waals surface area (Å²) in [5, 5.41) is 9.50. The second-order valence-corrected chi connectivity index (χ2v) is 5.39. The van der Waals surface area contributed by atoms with E-state index in [2.05, 4.69) is 0 Å². The number of aryl methyl sites for hydroxylation is 1. The molecular formula is C16H23NO3. The van der Waals surface area contributed by atoms with Crippen LogP contribution in [0, 0.1) is 6.92 Å². The van der Waals surface area contributed by atoms with Crippen LogP contribution in [-0.4, -0.2) is 41.2 Å². The van der Waals surface area contributed by atoms with Crippen molar-refractivity contribution in [3.63, 3.8) is 0 Å². The number of carbonyl (C=O) groups excluding carboxylic acids is 1. The van der Waals surface area contributed by atoms with Gasteiger partial charge in [-0.25, -0.2) is 0 Å². The highest BCUT2D eigenvalue weighted by molar-refractivity contribution is 5.81. The molecule has 4 nitrogen and oxygen atoms in total. The van der Waals surface area contributed by atoms with Crippen LogP contribution in [0.2, 0.25) is 0 Å². The predicted molar refractivity (Wildman–Crippen MR) is 77.7 cm³/mol. The quantitative estimate of drug-likeness (QED) is 0.917. The fourth-order valence-electron chi connectivity index (χ4n) is 2.45. The lowest BCUT2D eigenvalue weighted by Crippen LogP contribution is -2.46. The fraction of sp³-hybridized carbons (Fsp3) is 0.562. The van der Waals surface area contributed by atoms with Crippen molar-refractivity contribution >= 4 is 5.91 Å². The minimum atomic E-state index is -0.438. The van der Waals surface area contributed by atoms with E-state index in [4.69, 9.17) is 4.74 Å². The van der Waals surface area contributed by atoms with Gasteiger partial charge in [-0.2, -0.15) is 0 Å². The van der Waals surface area contributed by atoms with Gasteiger partial charge in [0.05, 0.1) is 6.10 Å². The third kappa shape index (κ3) is 3.73. The Kier molecular flexibility index (Phi) is 5.01. The number of amides is 1. The highest BCUT2D eigenvalue weighted by Gasteiger charge is 2.27. The van der Waals surface area contributed by atoms with Crippen LogP contribution < -0.4 is 4.74 Å². The third-order valence-electron chi connectivity index (χ3n) is 3.69. The molecule has 1 N–H and O–H groups in total. The van der Waals surface area contributed by atoms with Crippen LogP contribution in [0.1, 0.15) is 31.7 Å². The monoisotopic (exact) mass is 277 g/mol. The molecule has 4 heteroatoms. The molecule has 2 rings (SSSR count). The van der Waals surface area contributed by atoms with Crippen molar-refractivity contribution in [1.29, 1.82) is 0 Å². The van der Waals surface area contributed by atoms with E-state index in [-0.39, 0.29) is 12.0 Å². The van der Waals surface area contributed by atoms with Gasteiger partial charge in [0.15, 0.2) is 6.10 Å². The topological polar surface area (TPSA) is 49.8 Å². The second-order valence-electron chi connectivity index (χ2n) is 5.39. The Labute approximate surface area is 120 Å². The summed E-state index contributed by atoms with van der Waals surface area (Å²) in [5.41, 5.74) is 1.12. The zero-order chi connectivity index (χ0) is 14.5. The molecule has 1 unspecified atom stereocenters. The number of hydrogen-bond acceptors (Lipinski definition) is 3. The van der Waals surface area contributed by atoms with Crippen molar-refractivity contribution in [2.75, 3.05) is 13.1 Å². The molecule has 1 amide bonds. The zero-order valence-electron chi connectivity index (χ0n) is 12.2. The van der Waals surface area contributed by atoms with Gasteiger partial charge in [0, 0.05) is 13.1 Å². The molecule has 0 bridgehead atoms. The number of nitrogens with zero attached hydrogens (tertiary/aromatic N) is 1. The smallest absolute Gasteiger partial charge is 0.263 e. The van der Waals surface area contributed by atoms with E-state index in [1.54, 1.807) is 4.90 Å². The molecule has 1 fully saturated rings. The number of hydrogen-bond donors (Lipinski definition) is 1. The first-order valence-electron chi connectivity index (χ1n) is 7.30. The third-order valence-corrected chi connectivity index (χ3v) is 3.69. The molecule has 0 saturated carbocycles. The van der Waals surface area contributed by atoms with E-state index < -0.39 is 6.10 Å². The molecule has 1 aliphatic heterocycles. The van der Waals surface area contributed by atoms with Gasteiger partial charge >= 0.3 is 0 Å². The lowest BCUT2D eigenvalue weighted by molar-refractivity contribution is -0.140. The SMILES string of the molecule is CCC(Oc1cccc(C)c1)C(=O)N1CCC(O)CC1. The van der Waals surface area contributed by atoms with E-state index >= 15 is 0 Å². The fourth-order valence-corrected chi connectivity index (χ4v) is 2.45. The molecule has 1 aliphatic rings. The van der Waals surface area contributed by atoms with E-state index in [0.29, 0.717) is 32.4 Å². The number of aliphatic hydroxyl groups excluding tert-OH is 1. The van der Waals surface area contributed by atoms with E-state index in [1.807, 2.05) is 38.1 Å². The Bertz CT molecular complexity index is 453. The van der Waals surface area contributed by atoms with Gasteiger partial charge in [0.1, 0.15) is 5.75 Å². The summed E-state index contributed by atoms with van der Waals surface area (Å²) in [6, 6.07) is 7.75. The van der Waals surface area contributed by atoms with Gasteiger partial charge in [-0.1, -0.05) is 19.1 Å². The summed E-state index contributed by atoms with van der Waals surface area (Å²) in [7, 11) is 0. The van der Waals surface area contributed by atoms with Gasteiger partial charge in [-0.3, -0.25) is 4.79 Å². The number of piperidine rings is 1. The van der Waals surface area contributed by atoms with Crippen molar-refractivity contribution in [1.82, 2.24) is 4.90 Å². The summed E-state index contributed by atoms with van der Waals surface area (Å²) in [4.78, 5) is 14.2. The first-order valence-corrected chi connectivity index (χ1v) is 7.30. The Morgan fingerprint density at radius 1 is 1.45 bits per heavy atom. The van der Waals surface area contributed by atoms with E-state index in [1.165, 1.54) is 0 Å². The number of ether oxygens (including phenoxy) is 1. The predicted octanol–water partition coefficient (Wildman–Crippen LogP) is 2.14.